The fraction of sp³-hybridized carbons (Fsp3) is 0.214. The van der Waals surface area contributed by atoms with E-state index in [0.717, 1.165) is 31.7 Å². The number of hydrogen-bond donors (Lipinski definition) is 1. The molecule has 5 heteroatoms. The molecule has 0 saturated heterocycles. The van der Waals surface area contributed by atoms with Crippen LogP contribution in [0, 0.1) is 13.8 Å². The van der Waals surface area contributed by atoms with Crippen LogP contribution in [0.1, 0.15) is 21.6 Å². The minimum absolute atomic E-state index is 0.405. The van der Waals surface area contributed by atoms with Crippen LogP contribution in [0.15, 0.2) is 24.3 Å². The highest BCUT2D eigenvalue weighted by molar-refractivity contribution is 7.80. The van der Waals surface area contributed by atoms with E-state index in [1.54, 1.807) is 0 Å². The van der Waals surface area contributed by atoms with Gasteiger partial charge in [-0.1, -0.05) is 23.8 Å². The zero-order chi connectivity index (χ0) is 14.0. The largest absolute Gasteiger partial charge is 0.488 e. The molecule has 0 aliphatic rings. The Morgan fingerprint density at radius 3 is 2.42 bits per heavy atom. The Balaban J connectivity index is 2.18. The summed E-state index contributed by atoms with van der Waals surface area (Å²) >= 11 is 12.4. The molecule has 1 aromatic heterocycles. The first-order valence-electron chi connectivity index (χ1n) is 5.75. The first kappa shape index (κ1) is 14.3. The van der Waals surface area contributed by atoms with E-state index in [9.17, 15) is 0 Å². The lowest BCUT2D eigenvalue weighted by Crippen LogP contribution is -2.10. The molecule has 2 N–H and O–H groups in total. The van der Waals surface area contributed by atoms with Crippen LogP contribution < -0.4 is 10.5 Å². The van der Waals surface area contributed by atoms with Gasteiger partial charge in [0.05, 0.1) is 4.34 Å². The van der Waals surface area contributed by atoms with Crippen molar-refractivity contribution in [3.05, 3.63) is 50.2 Å². The van der Waals surface area contributed by atoms with E-state index in [0.29, 0.717) is 11.6 Å². The van der Waals surface area contributed by atoms with Gasteiger partial charge in [-0.05, 0) is 49.2 Å². The summed E-state index contributed by atoms with van der Waals surface area (Å²) in [5.74, 6) is 0.879. The minimum atomic E-state index is 0.405. The maximum Gasteiger partial charge on any atom is 0.125 e. The Labute approximate surface area is 127 Å². The third kappa shape index (κ3) is 3.47. The predicted molar refractivity (Wildman–Crippen MR) is 85.5 cm³/mol. The third-order valence-electron chi connectivity index (χ3n) is 2.73. The van der Waals surface area contributed by atoms with Crippen molar-refractivity contribution in [3.63, 3.8) is 0 Å². The average molecular weight is 312 g/mol. The van der Waals surface area contributed by atoms with Gasteiger partial charge in [0.2, 0.25) is 0 Å². The number of aryl methyl sites for hydroxylation is 2. The molecule has 2 nitrogen and oxygen atoms in total. The quantitative estimate of drug-likeness (QED) is 0.858. The number of thiocarbonyl (C=S) groups is 1. The molecular formula is C14H14ClNOS2. The first-order chi connectivity index (χ1) is 8.97. The lowest BCUT2D eigenvalue weighted by molar-refractivity contribution is 0.305. The van der Waals surface area contributed by atoms with E-state index < -0.39 is 0 Å². The molecule has 2 aromatic rings. The molecule has 0 radical (unpaired) electrons. The first-order valence-corrected chi connectivity index (χ1v) is 7.35. The number of benzene rings is 1. The van der Waals surface area contributed by atoms with Crippen molar-refractivity contribution in [2.24, 2.45) is 5.73 Å². The monoisotopic (exact) mass is 311 g/mol. The highest BCUT2D eigenvalue weighted by Gasteiger charge is 2.09. The van der Waals surface area contributed by atoms with Gasteiger partial charge in [0.15, 0.2) is 0 Å². The molecule has 0 spiro atoms. The molecule has 0 amide bonds. The number of halogens is 1. The number of rotatable bonds is 4. The molecule has 0 aliphatic carbocycles. The third-order valence-corrected chi connectivity index (χ3v) is 4.17. The van der Waals surface area contributed by atoms with E-state index in [2.05, 4.69) is 0 Å². The van der Waals surface area contributed by atoms with Crippen molar-refractivity contribution < 1.29 is 4.74 Å². The van der Waals surface area contributed by atoms with Crippen LogP contribution in [0.5, 0.6) is 5.75 Å². The van der Waals surface area contributed by atoms with Crippen molar-refractivity contribution in [3.8, 4) is 5.75 Å². The summed E-state index contributed by atoms with van der Waals surface area (Å²) in [7, 11) is 0. The fourth-order valence-electron chi connectivity index (χ4n) is 1.89. The second-order valence-corrected chi connectivity index (χ2v) is 6.54. The topological polar surface area (TPSA) is 35.2 Å². The molecular weight excluding hydrogens is 298 g/mol. The van der Waals surface area contributed by atoms with Gasteiger partial charge in [0.1, 0.15) is 17.3 Å². The van der Waals surface area contributed by atoms with Gasteiger partial charge >= 0.3 is 0 Å². The summed E-state index contributed by atoms with van der Waals surface area (Å²) < 4.78 is 6.64. The number of hydrogen-bond acceptors (Lipinski definition) is 3. The van der Waals surface area contributed by atoms with E-state index in [1.165, 1.54) is 11.3 Å². The van der Waals surface area contributed by atoms with Gasteiger partial charge in [0, 0.05) is 10.4 Å². The van der Waals surface area contributed by atoms with Crippen LogP contribution in [0.2, 0.25) is 4.34 Å². The Bertz CT molecular complexity index is 599. The molecule has 0 bridgehead atoms. The van der Waals surface area contributed by atoms with Crippen LogP contribution in [-0.4, -0.2) is 4.99 Å². The lowest BCUT2D eigenvalue weighted by atomic mass is 10.1. The normalized spacial score (nSPS) is 10.5. The van der Waals surface area contributed by atoms with Gasteiger partial charge in [-0.3, -0.25) is 0 Å². The molecule has 1 heterocycles. The molecule has 0 fully saturated rings. The molecule has 19 heavy (non-hydrogen) atoms. The van der Waals surface area contributed by atoms with Crippen LogP contribution >= 0.6 is 35.2 Å². The van der Waals surface area contributed by atoms with E-state index in [-0.39, 0.29) is 0 Å². The van der Waals surface area contributed by atoms with Crippen LogP contribution in [0.4, 0.5) is 0 Å². The number of nitrogens with two attached hydrogens (primary N) is 1. The summed E-state index contributed by atoms with van der Waals surface area (Å²) in [4.78, 5) is 1.50. The van der Waals surface area contributed by atoms with Gasteiger partial charge in [-0.25, -0.2) is 0 Å². The van der Waals surface area contributed by atoms with Crippen molar-refractivity contribution in [1.29, 1.82) is 0 Å². The SMILES string of the molecule is Cc1cc(C(N)=S)cc(C)c1OCc1ccc(Cl)s1. The molecule has 0 aliphatic heterocycles. The zero-order valence-electron chi connectivity index (χ0n) is 10.7. The molecule has 0 saturated carbocycles. The average Bonchev–Trinajstić information content (AvgIpc) is 2.73. The smallest absolute Gasteiger partial charge is 0.125 e. The summed E-state index contributed by atoms with van der Waals surface area (Å²) in [6.45, 7) is 4.50. The molecule has 0 unspecified atom stereocenters. The van der Waals surface area contributed by atoms with Crippen molar-refractivity contribution >= 4 is 40.1 Å². The molecule has 1 aromatic carbocycles. The highest BCUT2D eigenvalue weighted by Crippen LogP contribution is 2.28. The minimum Gasteiger partial charge on any atom is -0.488 e. The zero-order valence-corrected chi connectivity index (χ0v) is 13.1. The molecule has 2 rings (SSSR count). The second-order valence-electron chi connectivity index (χ2n) is 4.30. The van der Waals surface area contributed by atoms with Crippen molar-refractivity contribution in [2.45, 2.75) is 20.5 Å². The Hall–Kier alpha value is -1.10. The van der Waals surface area contributed by atoms with Gasteiger partial charge in [-0.15, -0.1) is 11.3 Å². The van der Waals surface area contributed by atoms with E-state index in [4.69, 9.17) is 34.3 Å². The van der Waals surface area contributed by atoms with Crippen molar-refractivity contribution in [1.82, 2.24) is 0 Å². The Morgan fingerprint density at radius 1 is 1.32 bits per heavy atom. The second kappa shape index (κ2) is 5.90. The molecule has 0 atom stereocenters. The van der Waals surface area contributed by atoms with E-state index in [1.807, 2.05) is 38.1 Å². The standard InChI is InChI=1S/C14H14ClNOS2/c1-8-5-10(14(16)18)6-9(2)13(8)17-7-11-3-4-12(15)19-11/h3-6H,7H2,1-2H3,(H2,16,18). The highest BCUT2D eigenvalue weighted by atomic mass is 35.5. The van der Waals surface area contributed by atoms with E-state index >= 15 is 0 Å². The summed E-state index contributed by atoms with van der Waals surface area (Å²) in [6, 6.07) is 7.75. The molecule has 100 valence electrons. The van der Waals surface area contributed by atoms with Gasteiger partial charge < -0.3 is 10.5 Å². The van der Waals surface area contributed by atoms with Gasteiger partial charge in [0.25, 0.3) is 0 Å². The Morgan fingerprint density at radius 2 is 1.95 bits per heavy atom. The van der Waals surface area contributed by atoms with Crippen LogP contribution in [0.25, 0.3) is 0 Å². The van der Waals surface area contributed by atoms with Crippen LogP contribution in [-0.2, 0) is 6.61 Å². The summed E-state index contributed by atoms with van der Waals surface area (Å²) in [5, 5.41) is 0. The maximum absolute atomic E-state index is 5.90. The Kier molecular flexibility index (Phi) is 4.45. The lowest BCUT2D eigenvalue weighted by Gasteiger charge is -2.13. The number of thiophene rings is 1. The van der Waals surface area contributed by atoms with Crippen LogP contribution in [0.3, 0.4) is 0 Å². The maximum atomic E-state index is 5.90. The number of ether oxygens (including phenoxy) is 1. The fourth-order valence-corrected chi connectivity index (χ4v) is 3.01. The summed E-state index contributed by atoms with van der Waals surface area (Å²) in [6.07, 6.45) is 0. The van der Waals surface area contributed by atoms with Crippen molar-refractivity contribution in [2.75, 3.05) is 0 Å². The predicted octanol–water partition coefficient (Wildman–Crippen LogP) is 4.23. The summed E-state index contributed by atoms with van der Waals surface area (Å²) in [5.41, 5.74) is 8.58. The van der Waals surface area contributed by atoms with Gasteiger partial charge in [-0.2, -0.15) is 0 Å².